The maximum Gasteiger partial charge on any atom is 0.255 e. The SMILES string of the molecule is COCCN1CCCN(C(=O)c2cccc(C)c2N)CC1. The second kappa shape index (κ2) is 7.43. The molecule has 2 N–H and O–H groups in total. The van der Waals surface area contributed by atoms with Crippen LogP contribution in [0.5, 0.6) is 0 Å². The van der Waals surface area contributed by atoms with E-state index in [1.165, 1.54) is 0 Å². The van der Waals surface area contributed by atoms with Crippen molar-refractivity contribution in [2.24, 2.45) is 0 Å². The van der Waals surface area contributed by atoms with Crippen molar-refractivity contribution in [3.05, 3.63) is 29.3 Å². The minimum absolute atomic E-state index is 0.0461. The van der Waals surface area contributed by atoms with E-state index in [1.54, 1.807) is 7.11 Å². The van der Waals surface area contributed by atoms with E-state index in [0.717, 1.165) is 51.3 Å². The molecule has 2 rings (SSSR count). The maximum atomic E-state index is 12.6. The molecule has 1 amide bonds. The Morgan fingerprint density at radius 1 is 1.29 bits per heavy atom. The number of hydrogen-bond donors (Lipinski definition) is 1. The summed E-state index contributed by atoms with van der Waals surface area (Å²) in [6, 6.07) is 5.64. The van der Waals surface area contributed by atoms with E-state index in [-0.39, 0.29) is 5.91 Å². The lowest BCUT2D eigenvalue weighted by Crippen LogP contribution is -2.36. The Balaban J connectivity index is 2.01. The second-order valence-corrected chi connectivity index (χ2v) is 5.52. The van der Waals surface area contributed by atoms with Crippen LogP contribution in [0.2, 0.25) is 0 Å². The first-order valence-corrected chi connectivity index (χ1v) is 7.49. The fourth-order valence-corrected chi connectivity index (χ4v) is 2.66. The van der Waals surface area contributed by atoms with Crippen LogP contribution in [0.25, 0.3) is 0 Å². The molecule has 1 heterocycles. The maximum absolute atomic E-state index is 12.6. The molecule has 0 saturated carbocycles. The zero-order valence-electron chi connectivity index (χ0n) is 13.0. The number of aryl methyl sites for hydroxylation is 1. The summed E-state index contributed by atoms with van der Waals surface area (Å²) in [5.41, 5.74) is 8.23. The monoisotopic (exact) mass is 291 g/mol. The predicted molar refractivity (Wildman–Crippen MR) is 84.4 cm³/mol. The van der Waals surface area contributed by atoms with Gasteiger partial charge in [-0.05, 0) is 31.5 Å². The van der Waals surface area contributed by atoms with Gasteiger partial charge >= 0.3 is 0 Å². The van der Waals surface area contributed by atoms with Crippen LogP contribution in [0.1, 0.15) is 22.3 Å². The minimum Gasteiger partial charge on any atom is -0.398 e. The summed E-state index contributed by atoms with van der Waals surface area (Å²) in [5, 5.41) is 0. The van der Waals surface area contributed by atoms with Gasteiger partial charge in [-0.2, -0.15) is 0 Å². The normalized spacial score (nSPS) is 16.8. The summed E-state index contributed by atoms with van der Waals surface area (Å²) in [6.45, 7) is 7.02. The predicted octanol–water partition coefficient (Wildman–Crippen LogP) is 1.37. The number of hydrogen-bond acceptors (Lipinski definition) is 4. The molecular weight excluding hydrogens is 266 g/mol. The largest absolute Gasteiger partial charge is 0.398 e. The highest BCUT2D eigenvalue weighted by Gasteiger charge is 2.21. The number of benzene rings is 1. The molecule has 1 aromatic carbocycles. The van der Waals surface area contributed by atoms with Crippen molar-refractivity contribution in [3.8, 4) is 0 Å². The number of anilines is 1. The molecule has 1 aliphatic heterocycles. The van der Waals surface area contributed by atoms with Gasteiger partial charge in [0.05, 0.1) is 12.2 Å². The summed E-state index contributed by atoms with van der Waals surface area (Å²) in [4.78, 5) is 16.9. The molecule has 5 nitrogen and oxygen atoms in total. The highest BCUT2D eigenvalue weighted by Crippen LogP contribution is 2.19. The number of rotatable bonds is 4. The molecule has 0 bridgehead atoms. The van der Waals surface area contributed by atoms with E-state index in [4.69, 9.17) is 10.5 Å². The second-order valence-electron chi connectivity index (χ2n) is 5.52. The van der Waals surface area contributed by atoms with Gasteiger partial charge in [-0.25, -0.2) is 0 Å². The van der Waals surface area contributed by atoms with Crippen LogP contribution >= 0.6 is 0 Å². The summed E-state index contributed by atoms with van der Waals surface area (Å²) in [7, 11) is 1.72. The van der Waals surface area contributed by atoms with Crippen LogP contribution in [-0.4, -0.2) is 62.1 Å². The molecule has 0 aliphatic carbocycles. The van der Waals surface area contributed by atoms with Crippen molar-refractivity contribution in [1.82, 2.24) is 9.80 Å². The lowest BCUT2D eigenvalue weighted by Gasteiger charge is -2.22. The Kier molecular flexibility index (Phi) is 5.59. The van der Waals surface area contributed by atoms with Gasteiger partial charge in [-0.15, -0.1) is 0 Å². The Labute approximate surface area is 126 Å². The fraction of sp³-hybridized carbons (Fsp3) is 0.562. The molecule has 1 fully saturated rings. The Morgan fingerprint density at radius 3 is 2.86 bits per heavy atom. The number of nitrogens with zero attached hydrogens (tertiary/aromatic N) is 2. The summed E-state index contributed by atoms with van der Waals surface area (Å²) in [5.74, 6) is 0.0461. The standard InChI is InChI=1S/C16H25N3O2/c1-13-5-3-6-14(15(13)17)16(20)19-8-4-7-18(9-10-19)11-12-21-2/h3,5-6H,4,7-12,17H2,1-2H3. The van der Waals surface area contributed by atoms with E-state index in [2.05, 4.69) is 4.90 Å². The molecule has 5 heteroatoms. The summed E-state index contributed by atoms with van der Waals surface area (Å²) in [6.07, 6.45) is 0.987. The van der Waals surface area contributed by atoms with E-state index in [0.29, 0.717) is 11.3 Å². The van der Waals surface area contributed by atoms with Gasteiger partial charge in [0.2, 0.25) is 0 Å². The third-order valence-corrected chi connectivity index (χ3v) is 4.04. The Hall–Kier alpha value is -1.59. The first kappa shape index (κ1) is 15.8. The molecule has 0 radical (unpaired) electrons. The number of nitrogen functional groups attached to an aromatic ring is 1. The number of nitrogens with two attached hydrogens (primary N) is 1. The highest BCUT2D eigenvalue weighted by atomic mass is 16.5. The highest BCUT2D eigenvalue weighted by molar-refractivity contribution is 5.99. The molecule has 1 saturated heterocycles. The van der Waals surface area contributed by atoms with Gasteiger partial charge in [-0.1, -0.05) is 12.1 Å². The first-order chi connectivity index (χ1) is 10.1. The van der Waals surface area contributed by atoms with Crippen LogP contribution in [0.4, 0.5) is 5.69 Å². The molecule has 1 aromatic rings. The molecule has 116 valence electrons. The molecule has 0 aromatic heterocycles. The van der Waals surface area contributed by atoms with Crippen molar-refractivity contribution in [1.29, 1.82) is 0 Å². The Bertz CT molecular complexity index is 490. The molecule has 0 atom stereocenters. The van der Waals surface area contributed by atoms with Crippen molar-refractivity contribution < 1.29 is 9.53 Å². The third kappa shape index (κ3) is 3.95. The lowest BCUT2D eigenvalue weighted by molar-refractivity contribution is 0.0760. The zero-order valence-corrected chi connectivity index (χ0v) is 13.0. The summed E-state index contributed by atoms with van der Waals surface area (Å²) < 4.78 is 5.12. The molecule has 1 aliphatic rings. The number of methoxy groups -OCH3 is 1. The van der Waals surface area contributed by atoms with Gasteiger partial charge in [0.15, 0.2) is 0 Å². The zero-order chi connectivity index (χ0) is 15.2. The topological polar surface area (TPSA) is 58.8 Å². The molecule has 0 spiro atoms. The lowest BCUT2D eigenvalue weighted by atomic mass is 10.1. The summed E-state index contributed by atoms with van der Waals surface area (Å²) >= 11 is 0. The fourth-order valence-electron chi connectivity index (χ4n) is 2.66. The van der Waals surface area contributed by atoms with E-state index in [9.17, 15) is 4.79 Å². The average molecular weight is 291 g/mol. The van der Waals surface area contributed by atoms with Crippen LogP contribution < -0.4 is 5.73 Å². The van der Waals surface area contributed by atoms with Gasteiger partial charge in [0, 0.05) is 39.0 Å². The van der Waals surface area contributed by atoms with Crippen molar-refractivity contribution in [3.63, 3.8) is 0 Å². The van der Waals surface area contributed by atoms with Crippen molar-refractivity contribution >= 4 is 11.6 Å². The molecule has 0 unspecified atom stereocenters. The quantitative estimate of drug-likeness (QED) is 0.851. The molecular formula is C16H25N3O2. The smallest absolute Gasteiger partial charge is 0.255 e. The third-order valence-electron chi connectivity index (χ3n) is 4.04. The van der Waals surface area contributed by atoms with Gasteiger partial charge in [0.25, 0.3) is 5.91 Å². The van der Waals surface area contributed by atoms with Crippen LogP contribution in [0, 0.1) is 6.92 Å². The average Bonchev–Trinajstić information content (AvgIpc) is 2.73. The van der Waals surface area contributed by atoms with Crippen molar-refractivity contribution in [2.45, 2.75) is 13.3 Å². The van der Waals surface area contributed by atoms with Gasteiger partial charge in [-0.3, -0.25) is 9.69 Å². The van der Waals surface area contributed by atoms with Crippen LogP contribution in [0.3, 0.4) is 0 Å². The number of carbonyl (C=O) groups is 1. The van der Waals surface area contributed by atoms with Gasteiger partial charge < -0.3 is 15.4 Å². The van der Waals surface area contributed by atoms with Gasteiger partial charge in [0.1, 0.15) is 0 Å². The van der Waals surface area contributed by atoms with Crippen molar-refractivity contribution in [2.75, 3.05) is 52.2 Å². The van der Waals surface area contributed by atoms with Crippen LogP contribution in [-0.2, 0) is 4.74 Å². The van der Waals surface area contributed by atoms with E-state index < -0.39 is 0 Å². The minimum atomic E-state index is 0.0461. The van der Waals surface area contributed by atoms with E-state index >= 15 is 0 Å². The number of para-hydroxylation sites is 1. The first-order valence-electron chi connectivity index (χ1n) is 7.49. The number of carbonyl (C=O) groups excluding carboxylic acids is 1. The van der Waals surface area contributed by atoms with E-state index in [1.807, 2.05) is 30.0 Å². The van der Waals surface area contributed by atoms with Crippen LogP contribution in [0.15, 0.2) is 18.2 Å². The molecule has 21 heavy (non-hydrogen) atoms. The Morgan fingerprint density at radius 2 is 2.10 bits per heavy atom. The number of amides is 1. The number of ether oxygens (including phenoxy) is 1.